The summed E-state index contributed by atoms with van der Waals surface area (Å²) in [6.07, 6.45) is -0.449. The van der Waals surface area contributed by atoms with E-state index in [1.165, 1.54) is 10.7 Å². The standard InChI is InChI=1S/C20H16ClF3N4O/c1-11-8-12(21)2-3-14(11)19(29)26-16-4-5-17-15(16)10-28(27-17)13-6-7-25-18(9-13)20(22,23)24/h2-3,6-10,16H,4-5H2,1H3,(H,26,29). The van der Waals surface area contributed by atoms with E-state index in [9.17, 15) is 18.0 Å². The van der Waals surface area contributed by atoms with E-state index in [1.54, 1.807) is 31.3 Å². The van der Waals surface area contributed by atoms with Crippen molar-refractivity contribution in [3.05, 3.63) is 75.8 Å². The van der Waals surface area contributed by atoms with E-state index in [-0.39, 0.29) is 17.6 Å². The van der Waals surface area contributed by atoms with Crippen molar-refractivity contribution in [2.45, 2.75) is 32.0 Å². The Morgan fingerprint density at radius 2 is 2.07 bits per heavy atom. The van der Waals surface area contributed by atoms with Crippen molar-refractivity contribution in [1.82, 2.24) is 20.1 Å². The van der Waals surface area contributed by atoms with Crippen LogP contribution in [0.15, 0.2) is 42.7 Å². The molecule has 0 saturated heterocycles. The summed E-state index contributed by atoms with van der Waals surface area (Å²) < 4.78 is 40.2. The number of pyridine rings is 1. The second kappa shape index (κ2) is 7.18. The maximum absolute atomic E-state index is 12.9. The molecule has 3 aromatic rings. The lowest BCUT2D eigenvalue weighted by molar-refractivity contribution is -0.141. The zero-order valence-electron chi connectivity index (χ0n) is 15.3. The lowest BCUT2D eigenvalue weighted by atomic mass is 10.1. The van der Waals surface area contributed by atoms with E-state index >= 15 is 0 Å². The molecular formula is C20H16ClF3N4O. The van der Waals surface area contributed by atoms with Crippen LogP contribution in [-0.4, -0.2) is 20.7 Å². The Labute approximate surface area is 169 Å². The molecule has 1 aliphatic rings. The van der Waals surface area contributed by atoms with E-state index in [0.29, 0.717) is 23.4 Å². The summed E-state index contributed by atoms with van der Waals surface area (Å²) in [5.41, 5.74) is 2.14. The molecule has 2 aromatic heterocycles. The lowest BCUT2D eigenvalue weighted by Gasteiger charge is -2.14. The SMILES string of the molecule is Cc1cc(Cl)ccc1C(=O)NC1CCc2nn(-c3ccnc(C(F)(F)F)c3)cc21. The minimum Gasteiger partial charge on any atom is -0.345 e. The Kier molecular flexibility index (Phi) is 4.82. The number of alkyl halides is 3. The zero-order valence-corrected chi connectivity index (χ0v) is 16.1. The average Bonchev–Trinajstić information content (AvgIpc) is 3.23. The van der Waals surface area contributed by atoms with E-state index in [1.807, 2.05) is 0 Å². The number of fused-ring (bicyclic) bond motifs is 1. The van der Waals surface area contributed by atoms with Gasteiger partial charge in [-0.2, -0.15) is 18.3 Å². The number of hydrogen-bond acceptors (Lipinski definition) is 3. The molecule has 2 heterocycles. The fraction of sp³-hybridized carbons (Fsp3) is 0.250. The Bertz CT molecular complexity index is 1090. The number of carbonyl (C=O) groups excluding carboxylic acids is 1. The molecule has 1 aromatic carbocycles. The van der Waals surface area contributed by atoms with Gasteiger partial charge in [0, 0.05) is 28.5 Å². The van der Waals surface area contributed by atoms with Crippen molar-refractivity contribution < 1.29 is 18.0 Å². The second-order valence-electron chi connectivity index (χ2n) is 6.90. The number of aromatic nitrogens is 3. The minimum atomic E-state index is -4.53. The van der Waals surface area contributed by atoms with Crippen LogP contribution in [0.2, 0.25) is 5.02 Å². The van der Waals surface area contributed by atoms with Crippen LogP contribution < -0.4 is 5.32 Å². The van der Waals surface area contributed by atoms with Crippen LogP contribution in [-0.2, 0) is 12.6 Å². The smallest absolute Gasteiger partial charge is 0.345 e. The molecule has 4 rings (SSSR count). The molecule has 1 unspecified atom stereocenters. The Morgan fingerprint density at radius 3 is 2.79 bits per heavy atom. The van der Waals surface area contributed by atoms with Crippen LogP contribution >= 0.6 is 11.6 Å². The number of benzene rings is 1. The van der Waals surface area contributed by atoms with Gasteiger partial charge >= 0.3 is 6.18 Å². The van der Waals surface area contributed by atoms with Crippen LogP contribution in [0, 0.1) is 6.92 Å². The Hall–Kier alpha value is -2.87. The summed E-state index contributed by atoms with van der Waals surface area (Å²) in [4.78, 5) is 16.0. The monoisotopic (exact) mass is 420 g/mol. The molecule has 1 N–H and O–H groups in total. The number of aryl methyl sites for hydroxylation is 2. The predicted octanol–water partition coefficient (Wildman–Crippen LogP) is 4.67. The summed E-state index contributed by atoms with van der Waals surface area (Å²) in [7, 11) is 0. The maximum atomic E-state index is 12.9. The molecule has 0 radical (unpaired) electrons. The van der Waals surface area contributed by atoms with Crippen LogP contribution in [0.1, 0.15) is 45.3 Å². The van der Waals surface area contributed by atoms with Gasteiger partial charge < -0.3 is 5.32 Å². The highest BCUT2D eigenvalue weighted by Crippen LogP contribution is 2.33. The molecule has 1 atom stereocenters. The molecule has 0 bridgehead atoms. The number of nitrogens with one attached hydrogen (secondary N) is 1. The highest BCUT2D eigenvalue weighted by molar-refractivity contribution is 6.30. The summed E-state index contributed by atoms with van der Waals surface area (Å²) in [5, 5.41) is 7.94. The number of hydrogen-bond donors (Lipinski definition) is 1. The van der Waals surface area contributed by atoms with Crippen LogP contribution in [0.25, 0.3) is 5.69 Å². The first-order valence-corrected chi connectivity index (χ1v) is 9.29. The van der Waals surface area contributed by atoms with Crippen LogP contribution in [0.3, 0.4) is 0 Å². The summed E-state index contributed by atoms with van der Waals surface area (Å²) >= 11 is 5.94. The molecule has 5 nitrogen and oxygen atoms in total. The van der Waals surface area contributed by atoms with Gasteiger partial charge in [-0.15, -0.1) is 0 Å². The van der Waals surface area contributed by atoms with Gasteiger partial charge in [0.05, 0.1) is 17.4 Å². The zero-order chi connectivity index (χ0) is 20.8. The Balaban J connectivity index is 1.57. The topological polar surface area (TPSA) is 59.8 Å². The van der Waals surface area contributed by atoms with Gasteiger partial charge in [0.1, 0.15) is 5.69 Å². The molecule has 1 aliphatic carbocycles. The summed E-state index contributed by atoms with van der Waals surface area (Å²) in [5.74, 6) is -0.229. The quantitative estimate of drug-likeness (QED) is 0.670. The van der Waals surface area contributed by atoms with Crippen LogP contribution in [0.5, 0.6) is 0 Å². The minimum absolute atomic E-state index is 0.229. The van der Waals surface area contributed by atoms with Crippen molar-refractivity contribution in [3.8, 4) is 5.69 Å². The average molecular weight is 421 g/mol. The molecular weight excluding hydrogens is 405 g/mol. The third kappa shape index (κ3) is 3.85. The molecule has 0 spiro atoms. The number of nitrogens with zero attached hydrogens (tertiary/aromatic N) is 3. The van der Waals surface area contributed by atoms with Crippen molar-refractivity contribution >= 4 is 17.5 Å². The highest BCUT2D eigenvalue weighted by Gasteiger charge is 2.33. The molecule has 1 amide bonds. The fourth-order valence-corrected chi connectivity index (χ4v) is 3.69. The third-order valence-corrected chi connectivity index (χ3v) is 5.14. The van der Waals surface area contributed by atoms with Gasteiger partial charge in [0.2, 0.25) is 0 Å². The first-order chi connectivity index (χ1) is 13.7. The van der Waals surface area contributed by atoms with Gasteiger partial charge in [-0.25, -0.2) is 4.68 Å². The summed E-state index contributed by atoms with van der Waals surface area (Å²) in [6, 6.07) is 7.20. The van der Waals surface area contributed by atoms with E-state index in [0.717, 1.165) is 29.1 Å². The van der Waals surface area contributed by atoms with Crippen LogP contribution in [0.4, 0.5) is 13.2 Å². The molecule has 0 aliphatic heterocycles. The number of halogens is 4. The fourth-order valence-electron chi connectivity index (χ4n) is 3.46. The van der Waals surface area contributed by atoms with Crippen molar-refractivity contribution in [3.63, 3.8) is 0 Å². The van der Waals surface area contributed by atoms with Gasteiger partial charge in [-0.3, -0.25) is 9.78 Å². The van der Waals surface area contributed by atoms with Crippen molar-refractivity contribution in [1.29, 1.82) is 0 Å². The second-order valence-corrected chi connectivity index (χ2v) is 7.33. The maximum Gasteiger partial charge on any atom is 0.433 e. The first-order valence-electron chi connectivity index (χ1n) is 8.91. The molecule has 9 heteroatoms. The van der Waals surface area contributed by atoms with Gasteiger partial charge in [0.25, 0.3) is 5.91 Å². The lowest BCUT2D eigenvalue weighted by Crippen LogP contribution is -2.27. The Morgan fingerprint density at radius 1 is 1.28 bits per heavy atom. The molecule has 150 valence electrons. The summed E-state index contributed by atoms with van der Waals surface area (Å²) in [6.45, 7) is 1.81. The first kappa shape index (κ1) is 19.4. The number of rotatable bonds is 3. The largest absolute Gasteiger partial charge is 0.433 e. The normalized spacial score (nSPS) is 16.0. The van der Waals surface area contributed by atoms with Crippen molar-refractivity contribution in [2.24, 2.45) is 0 Å². The predicted molar refractivity (Wildman–Crippen MR) is 101 cm³/mol. The van der Waals surface area contributed by atoms with E-state index in [2.05, 4.69) is 15.4 Å². The van der Waals surface area contributed by atoms with Gasteiger partial charge in [-0.1, -0.05) is 11.6 Å². The van der Waals surface area contributed by atoms with E-state index in [4.69, 9.17) is 11.6 Å². The molecule has 0 saturated carbocycles. The van der Waals surface area contributed by atoms with Gasteiger partial charge in [0.15, 0.2) is 0 Å². The number of carbonyl (C=O) groups is 1. The third-order valence-electron chi connectivity index (χ3n) is 4.91. The van der Waals surface area contributed by atoms with Crippen molar-refractivity contribution in [2.75, 3.05) is 0 Å². The number of amides is 1. The molecule has 0 fully saturated rings. The molecule has 29 heavy (non-hydrogen) atoms. The van der Waals surface area contributed by atoms with Gasteiger partial charge in [-0.05, 0) is 55.7 Å². The van der Waals surface area contributed by atoms with E-state index < -0.39 is 11.9 Å². The highest BCUT2D eigenvalue weighted by atomic mass is 35.5.